The Labute approximate surface area is 145 Å². The normalized spacial score (nSPS) is 26.8. The molecule has 2 N–H and O–H groups in total. The van der Waals surface area contributed by atoms with Crippen LogP contribution in [0.15, 0.2) is 24.3 Å². The van der Waals surface area contributed by atoms with Crippen LogP contribution in [0.1, 0.15) is 51.0 Å². The smallest absolute Gasteiger partial charge is 0.220 e. The summed E-state index contributed by atoms with van der Waals surface area (Å²) in [6, 6.07) is 9.37. The molecule has 1 aromatic carbocycles. The molecule has 2 saturated heterocycles. The predicted octanol–water partition coefficient (Wildman–Crippen LogP) is 3.19. The van der Waals surface area contributed by atoms with Crippen LogP contribution in [0.5, 0.6) is 5.75 Å². The second kappa shape index (κ2) is 8.02. The minimum absolute atomic E-state index is 0.0277. The van der Waals surface area contributed by atoms with Gasteiger partial charge in [-0.15, -0.1) is 0 Å². The van der Waals surface area contributed by atoms with Gasteiger partial charge in [-0.2, -0.15) is 0 Å². The zero-order valence-electron chi connectivity index (χ0n) is 14.9. The molecular weight excluding hydrogens is 300 g/mol. The zero-order valence-corrected chi connectivity index (χ0v) is 14.9. The van der Waals surface area contributed by atoms with Crippen LogP contribution in [-0.4, -0.2) is 30.6 Å². The lowest BCUT2D eigenvalue weighted by atomic mass is 9.89. The van der Waals surface area contributed by atoms with Gasteiger partial charge in [-0.3, -0.25) is 4.79 Å². The topological polar surface area (TPSA) is 50.4 Å². The van der Waals surface area contributed by atoms with Gasteiger partial charge in [0.1, 0.15) is 11.9 Å². The number of carbonyl (C=O) groups excluding carboxylic acids is 1. The third-order valence-corrected chi connectivity index (χ3v) is 5.32. The number of amides is 1. The number of hydrogen-bond donors (Lipinski definition) is 2. The molecule has 3 atom stereocenters. The van der Waals surface area contributed by atoms with Crippen LogP contribution in [0, 0.1) is 12.8 Å². The van der Waals surface area contributed by atoms with Crippen LogP contribution in [0.3, 0.4) is 0 Å². The van der Waals surface area contributed by atoms with Crippen molar-refractivity contribution in [3.05, 3.63) is 29.8 Å². The van der Waals surface area contributed by atoms with E-state index in [0.717, 1.165) is 25.0 Å². The number of piperidine rings is 1. The second-order valence-electron chi connectivity index (χ2n) is 7.45. The molecule has 0 radical (unpaired) electrons. The minimum atomic E-state index is 0.0277. The Morgan fingerprint density at radius 1 is 1.33 bits per heavy atom. The van der Waals surface area contributed by atoms with E-state index in [1.807, 2.05) is 18.2 Å². The highest BCUT2D eigenvalue weighted by Gasteiger charge is 2.34. The van der Waals surface area contributed by atoms with Crippen molar-refractivity contribution in [1.29, 1.82) is 0 Å². The molecular formula is C20H30N2O2. The number of nitrogens with one attached hydrogen (secondary N) is 2. The molecule has 2 aliphatic rings. The molecule has 24 heavy (non-hydrogen) atoms. The van der Waals surface area contributed by atoms with Crippen LogP contribution >= 0.6 is 0 Å². The number of carbonyl (C=O) groups is 1. The minimum Gasteiger partial charge on any atom is -0.489 e. The standard InChI is InChI=1S/C20H30N2O2/c1-3-18(24-19-6-4-5-14(2)9-19)13-21-20(23)12-15-10-16-7-8-17(11-15)22-16/h4-6,9,15-18,22H,3,7-8,10-13H2,1-2H3,(H,21,23). The van der Waals surface area contributed by atoms with Crippen LogP contribution < -0.4 is 15.4 Å². The lowest BCUT2D eigenvalue weighted by molar-refractivity contribution is -0.122. The van der Waals surface area contributed by atoms with E-state index < -0.39 is 0 Å². The highest BCUT2D eigenvalue weighted by atomic mass is 16.5. The number of rotatable bonds is 7. The van der Waals surface area contributed by atoms with Crippen molar-refractivity contribution in [3.63, 3.8) is 0 Å². The Bertz CT molecular complexity index is 548. The molecule has 1 amide bonds. The van der Waals surface area contributed by atoms with E-state index in [4.69, 9.17) is 4.74 Å². The first-order valence-electron chi connectivity index (χ1n) is 9.38. The molecule has 1 aromatic rings. The van der Waals surface area contributed by atoms with E-state index in [-0.39, 0.29) is 12.0 Å². The highest BCUT2D eigenvalue weighted by Crippen LogP contribution is 2.32. The van der Waals surface area contributed by atoms with Gasteiger partial charge in [0, 0.05) is 18.5 Å². The molecule has 0 aromatic heterocycles. The molecule has 2 heterocycles. The number of aryl methyl sites for hydroxylation is 1. The van der Waals surface area contributed by atoms with Gasteiger partial charge in [-0.05, 0) is 62.6 Å². The first-order chi connectivity index (χ1) is 11.6. The summed E-state index contributed by atoms with van der Waals surface area (Å²) in [5.74, 6) is 1.60. The van der Waals surface area contributed by atoms with Crippen LogP contribution in [0.25, 0.3) is 0 Å². The molecule has 0 aliphatic carbocycles. The third-order valence-electron chi connectivity index (χ3n) is 5.32. The second-order valence-corrected chi connectivity index (χ2v) is 7.45. The largest absolute Gasteiger partial charge is 0.489 e. The first kappa shape index (κ1) is 17.3. The first-order valence-corrected chi connectivity index (χ1v) is 9.38. The number of ether oxygens (including phenoxy) is 1. The Hall–Kier alpha value is -1.55. The Balaban J connectivity index is 1.42. The molecule has 0 spiro atoms. The molecule has 3 unspecified atom stereocenters. The van der Waals surface area contributed by atoms with Gasteiger partial charge in [0.15, 0.2) is 0 Å². The number of fused-ring (bicyclic) bond motifs is 2. The van der Waals surface area contributed by atoms with E-state index in [9.17, 15) is 4.79 Å². The Morgan fingerprint density at radius 2 is 2.08 bits per heavy atom. The molecule has 3 rings (SSSR count). The summed E-state index contributed by atoms with van der Waals surface area (Å²) in [5, 5.41) is 6.71. The van der Waals surface area contributed by atoms with Crippen LogP contribution in [-0.2, 0) is 4.79 Å². The van der Waals surface area contributed by atoms with Gasteiger partial charge in [0.05, 0.1) is 6.54 Å². The maximum atomic E-state index is 12.3. The molecule has 132 valence electrons. The monoisotopic (exact) mass is 330 g/mol. The van der Waals surface area contributed by atoms with Crippen molar-refractivity contribution in [3.8, 4) is 5.75 Å². The quantitative estimate of drug-likeness (QED) is 0.807. The third kappa shape index (κ3) is 4.73. The van der Waals surface area contributed by atoms with Crippen molar-refractivity contribution in [2.45, 2.75) is 70.6 Å². The average Bonchev–Trinajstić information content (AvgIpc) is 2.90. The van der Waals surface area contributed by atoms with Gasteiger partial charge in [-0.25, -0.2) is 0 Å². The van der Waals surface area contributed by atoms with Gasteiger partial charge in [0.25, 0.3) is 0 Å². The zero-order chi connectivity index (χ0) is 16.9. The van der Waals surface area contributed by atoms with Gasteiger partial charge in [-0.1, -0.05) is 19.1 Å². The predicted molar refractivity (Wildman–Crippen MR) is 96.2 cm³/mol. The SMILES string of the molecule is CCC(CNC(=O)CC1CC2CCC(C1)N2)Oc1cccc(C)c1. The summed E-state index contributed by atoms with van der Waals surface area (Å²) < 4.78 is 6.00. The Morgan fingerprint density at radius 3 is 2.75 bits per heavy atom. The summed E-state index contributed by atoms with van der Waals surface area (Å²) in [6.45, 7) is 4.74. The van der Waals surface area contributed by atoms with Gasteiger partial charge < -0.3 is 15.4 Å². The highest BCUT2D eigenvalue weighted by molar-refractivity contribution is 5.76. The van der Waals surface area contributed by atoms with Crippen LogP contribution in [0.2, 0.25) is 0 Å². The molecule has 0 saturated carbocycles. The summed E-state index contributed by atoms with van der Waals surface area (Å²) in [6.07, 6.45) is 6.44. The van der Waals surface area contributed by atoms with E-state index in [1.165, 1.54) is 18.4 Å². The van der Waals surface area contributed by atoms with Crippen molar-refractivity contribution in [1.82, 2.24) is 10.6 Å². The molecule has 4 nitrogen and oxygen atoms in total. The van der Waals surface area contributed by atoms with E-state index in [2.05, 4.69) is 30.5 Å². The van der Waals surface area contributed by atoms with Crippen LogP contribution in [0.4, 0.5) is 0 Å². The summed E-state index contributed by atoms with van der Waals surface area (Å²) in [4.78, 5) is 12.3. The summed E-state index contributed by atoms with van der Waals surface area (Å²) >= 11 is 0. The van der Waals surface area contributed by atoms with E-state index in [0.29, 0.717) is 31.0 Å². The van der Waals surface area contributed by atoms with Gasteiger partial charge in [0.2, 0.25) is 5.91 Å². The molecule has 2 aliphatic heterocycles. The average molecular weight is 330 g/mol. The van der Waals surface area contributed by atoms with E-state index >= 15 is 0 Å². The maximum Gasteiger partial charge on any atom is 0.220 e. The Kier molecular flexibility index (Phi) is 5.77. The molecule has 4 heteroatoms. The molecule has 2 fully saturated rings. The maximum absolute atomic E-state index is 12.3. The molecule has 2 bridgehead atoms. The fourth-order valence-electron chi connectivity index (χ4n) is 4.05. The number of benzene rings is 1. The van der Waals surface area contributed by atoms with Crippen molar-refractivity contribution in [2.24, 2.45) is 5.92 Å². The number of hydrogen-bond acceptors (Lipinski definition) is 3. The van der Waals surface area contributed by atoms with Gasteiger partial charge >= 0.3 is 0 Å². The van der Waals surface area contributed by atoms with Crippen molar-refractivity contribution < 1.29 is 9.53 Å². The van der Waals surface area contributed by atoms with Crippen molar-refractivity contribution >= 4 is 5.91 Å². The van der Waals surface area contributed by atoms with Crippen molar-refractivity contribution in [2.75, 3.05) is 6.54 Å². The lowest BCUT2D eigenvalue weighted by Gasteiger charge is -2.28. The fourth-order valence-corrected chi connectivity index (χ4v) is 4.05. The summed E-state index contributed by atoms with van der Waals surface area (Å²) in [5.41, 5.74) is 1.19. The lowest BCUT2D eigenvalue weighted by Crippen LogP contribution is -2.41. The summed E-state index contributed by atoms with van der Waals surface area (Å²) in [7, 11) is 0. The fraction of sp³-hybridized carbons (Fsp3) is 0.650. The van der Waals surface area contributed by atoms with E-state index in [1.54, 1.807) is 0 Å².